The second-order valence-electron chi connectivity index (χ2n) is 3.27. The van der Waals surface area contributed by atoms with Crippen molar-refractivity contribution in [3.05, 3.63) is 22.4 Å². The van der Waals surface area contributed by atoms with Crippen LogP contribution in [0.25, 0.3) is 0 Å². The molecule has 0 spiro atoms. The Morgan fingerprint density at radius 1 is 1.42 bits per heavy atom. The summed E-state index contributed by atoms with van der Waals surface area (Å²) < 4.78 is 0. The highest BCUT2D eigenvalue weighted by Crippen LogP contribution is 2.43. The molecule has 0 aromatic carbocycles. The van der Waals surface area contributed by atoms with Crippen LogP contribution in [0.2, 0.25) is 0 Å². The molecule has 12 heavy (non-hydrogen) atoms. The van der Waals surface area contributed by atoms with Crippen LogP contribution in [0, 0.1) is 0 Å². The van der Waals surface area contributed by atoms with Crippen molar-refractivity contribution in [1.82, 2.24) is 0 Å². The van der Waals surface area contributed by atoms with Crippen molar-refractivity contribution < 1.29 is 10.1 Å². The zero-order chi connectivity index (χ0) is 8.44. The zero-order valence-corrected chi connectivity index (χ0v) is 7.64. The maximum Gasteiger partial charge on any atom is 0.137 e. The monoisotopic (exact) mass is 184 g/mol. The third-order valence-electron chi connectivity index (χ3n) is 2.56. The van der Waals surface area contributed by atoms with Crippen molar-refractivity contribution in [1.29, 1.82) is 0 Å². The summed E-state index contributed by atoms with van der Waals surface area (Å²) in [5.41, 5.74) is -0.367. The molecule has 1 aliphatic rings. The van der Waals surface area contributed by atoms with Crippen molar-refractivity contribution >= 4 is 11.3 Å². The van der Waals surface area contributed by atoms with Crippen LogP contribution in [0.4, 0.5) is 0 Å². The zero-order valence-electron chi connectivity index (χ0n) is 6.82. The van der Waals surface area contributed by atoms with Crippen LogP contribution in [0.3, 0.4) is 0 Å². The van der Waals surface area contributed by atoms with Gasteiger partial charge in [-0.25, -0.2) is 4.89 Å². The predicted molar refractivity (Wildman–Crippen MR) is 48.2 cm³/mol. The number of rotatable bonds is 2. The summed E-state index contributed by atoms with van der Waals surface area (Å²) in [4.78, 5) is 5.81. The van der Waals surface area contributed by atoms with E-state index in [0.29, 0.717) is 0 Å². The number of hydrogen-bond donors (Lipinski definition) is 1. The standard InChI is InChI=1S/C9H12O2S/c10-11-9(5-1-2-6-9)8-4-3-7-12-8/h3-4,7,10H,1-2,5-6H2. The molecule has 0 aliphatic heterocycles. The van der Waals surface area contributed by atoms with E-state index < -0.39 is 0 Å². The summed E-state index contributed by atoms with van der Waals surface area (Å²) in [5, 5.41) is 10.9. The van der Waals surface area contributed by atoms with Gasteiger partial charge in [-0.05, 0) is 37.1 Å². The van der Waals surface area contributed by atoms with Crippen LogP contribution in [0.5, 0.6) is 0 Å². The van der Waals surface area contributed by atoms with E-state index in [4.69, 9.17) is 5.26 Å². The third-order valence-corrected chi connectivity index (χ3v) is 3.61. The van der Waals surface area contributed by atoms with Crippen LogP contribution < -0.4 is 0 Å². The fraction of sp³-hybridized carbons (Fsp3) is 0.556. The van der Waals surface area contributed by atoms with E-state index in [0.717, 1.165) is 30.6 Å². The molecule has 1 saturated carbocycles. The summed E-state index contributed by atoms with van der Waals surface area (Å²) in [6, 6.07) is 4.03. The van der Waals surface area contributed by atoms with Gasteiger partial charge in [-0.15, -0.1) is 11.3 Å². The molecule has 1 fully saturated rings. The fourth-order valence-electron chi connectivity index (χ4n) is 1.87. The number of thiophene rings is 1. The topological polar surface area (TPSA) is 29.5 Å². The van der Waals surface area contributed by atoms with Gasteiger partial charge in [0.1, 0.15) is 5.60 Å². The molecule has 0 unspecified atom stereocenters. The maximum absolute atomic E-state index is 8.90. The first-order chi connectivity index (χ1) is 5.87. The summed E-state index contributed by atoms with van der Waals surface area (Å²) in [6.07, 6.45) is 4.20. The van der Waals surface area contributed by atoms with E-state index in [2.05, 4.69) is 4.89 Å². The van der Waals surface area contributed by atoms with Crippen molar-refractivity contribution in [3.8, 4) is 0 Å². The smallest absolute Gasteiger partial charge is 0.137 e. The summed E-state index contributed by atoms with van der Waals surface area (Å²) >= 11 is 1.66. The van der Waals surface area contributed by atoms with Gasteiger partial charge < -0.3 is 0 Å². The van der Waals surface area contributed by atoms with Crippen LogP contribution >= 0.6 is 11.3 Å². The second-order valence-corrected chi connectivity index (χ2v) is 4.22. The molecule has 1 aromatic heterocycles. The molecule has 3 heteroatoms. The Hall–Kier alpha value is -0.380. The highest BCUT2D eigenvalue weighted by Gasteiger charge is 2.38. The van der Waals surface area contributed by atoms with E-state index in [9.17, 15) is 0 Å². The predicted octanol–water partition coefficient (Wildman–Crippen LogP) is 3.01. The Bertz CT molecular complexity index is 237. The van der Waals surface area contributed by atoms with E-state index >= 15 is 0 Å². The van der Waals surface area contributed by atoms with Gasteiger partial charge in [-0.2, -0.15) is 0 Å². The van der Waals surface area contributed by atoms with Gasteiger partial charge in [-0.3, -0.25) is 5.26 Å². The number of hydrogen-bond acceptors (Lipinski definition) is 3. The van der Waals surface area contributed by atoms with Crippen molar-refractivity contribution in [2.75, 3.05) is 0 Å². The van der Waals surface area contributed by atoms with Gasteiger partial charge in [0.2, 0.25) is 0 Å². The minimum Gasteiger partial charge on any atom is -0.251 e. The lowest BCUT2D eigenvalue weighted by Crippen LogP contribution is -2.22. The van der Waals surface area contributed by atoms with Crippen LogP contribution in [0.15, 0.2) is 17.5 Å². The molecule has 2 nitrogen and oxygen atoms in total. The van der Waals surface area contributed by atoms with E-state index in [-0.39, 0.29) is 5.60 Å². The average molecular weight is 184 g/mol. The Balaban J connectivity index is 2.28. The van der Waals surface area contributed by atoms with E-state index in [1.54, 1.807) is 11.3 Å². The molecule has 2 rings (SSSR count). The Morgan fingerprint density at radius 3 is 2.67 bits per heavy atom. The largest absolute Gasteiger partial charge is 0.251 e. The van der Waals surface area contributed by atoms with Crippen LogP contribution in [-0.2, 0) is 10.5 Å². The second kappa shape index (κ2) is 3.17. The Labute approximate surface area is 75.7 Å². The van der Waals surface area contributed by atoms with Crippen LogP contribution in [-0.4, -0.2) is 5.26 Å². The minimum atomic E-state index is -0.367. The highest BCUT2D eigenvalue weighted by atomic mass is 32.1. The normalized spacial score (nSPS) is 21.4. The van der Waals surface area contributed by atoms with Gasteiger partial charge in [0.05, 0.1) is 0 Å². The molecule has 0 saturated heterocycles. The van der Waals surface area contributed by atoms with Crippen molar-refractivity contribution in [2.24, 2.45) is 0 Å². The van der Waals surface area contributed by atoms with Gasteiger partial charge in [-0.1, -0.05) is 6.07 Å². The van der Waals surface area contributed by atoms with E-state index in [1.807, 2.05) is 17.5 Å². The van der Waals surface area contributed by atoms with E-state index in [1.165, 1.54) is 0 Å². The molecule has 0 radical (unpaired) electrons. The van der Waals surface area contributed by atoms with Gasteiger partial charge in [0.15, 0.2) is 0 Å². The molecule has 66 valence electrons. The lowest BCUT2D eigenvalue weighted by molar-refractivity contribution is -0.326. The first kappa shape index (κ1) is 8.23. The van der Waals surface area contributed by atoms with Gasteiger partial charge in [0.25, 0.3) is 0 Å². The summed E-state index contributed by atoms with van der Waals surface area (Å²) in [7, 11) is 0. The Kier molecular flexibility index (Phi) is 2.17. The summed E-state index contributed by atoms with van der Waals surface area (Å²) in [5.74, 6) is 0. The van der Waals surface area contributed by atoms with Gasteiger partial charge in [0, 0.05) is 4.88 Å². The molecule has 1 aromatic rings. The maximum atomic E-state index is 8.90. The SMILES string of the molecule is OOC1(c2cccs2)CCCC1. The van der Waals surface area contributed by atoms with Crippen molar-refractivity contribution in [2.45, 2.75) is 31.3 Å². The minimum absolute atomic E-state index is 0.367. The lowest BCUT2D eigenvalue weighted by atomic mass is 10.0. The molecule has 0 bridgehead atoms. The van der Waals surface area contributed by atoms with Crippen LogP contribution in [0.1, 0.15) is 30.6 Å². The lowest BCUT2D eigenvalue weighted by Gasteiger charge is -2.22. The molecular formula is C9H12O2S. The van der Waals surface area contributed by atoms with Gasteiger partial charge >= 0.3 is 0 Å². The molecular weight excluding hydrogens is 172 g/mol. The molecule has 1 heterocycles. The molecule has 1 aliphatic carbocycles. The third kappa shape index (κ3) is 1.18. The quantitative estimate of drug-likeness (QED) is 0.565. The summed E-state index contributed by atoms with van der Waals surface area (Å²) in [6.45, 7) is 0. The Morgan fingerprint density at radius 2 is 2.17 bits per heavy atom. The van der Waals surface area contributed by atoms with Crippen molar-refractivity contribution in [3.63, 3.8) is 0 Å². The first-order valence-corrected chi connectivity index (χ1v) is 5.12. The average Bonchev–Trinajstić information content (AvgIpc) is 2.76. The molecule has 0 amide bonds. The first-order valence-electron chi connectivity index (χ1n) is 4.24. The molecule has 1 N–H and O–H groups in total. The highest BCUT2D eigenvalue weighted by molar-refractivity contribution is 7.10. The fourth-order valence-corrected chi connectivity index (χ4v) is 2.78. The molecule has 0 atom stereocenters.